The average Bonchev–Trinajstić information content (AvgIpc) is 3.02. The molecule has 0 saturated carbocycles. The first kappa shape index (κ1) is 27.1. The van der Waals surface area contributed by atoms with Gasteiger partial charge in [0.25, 0.3) is 11.8 Å². The Kier molecular flexibility index (Phi) is 8.99. The summed E-state index contributed by atoms with van der Waals surface area (Å²) in [6.07, 6.45) is 2.61. The molecule has 0 spiro atoms. The van der Waals surface area contributed by atoms with Crippen LogP contribution in [-0.4, -0.2) is 29.9 Å². The van der Waals surface area contributed by atoms with Crippen molar-refractivity contribution >= 4 is 28.9 Å². The van der Waals surface area contributed by atoms with Crippen LogP contribution in [0.3, 0.4) is 0 Å². The van der Waals surface area contributed by atoms with Crippen LogP contribution in [0.4, 0.5) is 17.1 Å². The first-order valence-corrected chi connectivity index (χ1v) is 13.4. The highest BCUT2D eigenvalue weighted by molar-refractivity contribution is 6.09. The summed E-state index contributed by atoms with van der Waals surface area (Å²) in [6.45, 7) is 0.564. The molecular formula is C34H30N4O3. The van der Waals surface area contributed by atoms with Gasteiger partial charge in [0.15, 0.2) is 6.61 Å². The molecule has 0 bridgehead atoms. The molecule has 7 nitrogen and oxygen atoms in total. The molecule has 1 heterocycles. The minimum absolute atomic E-state index is 0.185. The lowest BCUT2D eigenvalue weighted by molar-refractivity contribution is -0.118. The van der Waals surface area contributed by atoms with Crippen molar-refractivity contribution in [2.45, 2.75) is 6.42 Å². The van der Waals surface area contributed by atoms with Crippen molar-refractivity contribution in [1.29, 1.82) is 0 Å². The molecule has 0 fully saturated rings. The van der Waals surface area contributed by atoms with Gasteiger partial charge in [-0.1, -0.05) is 54.6 Å². The maximum absolute atomic E-state index is 13.5. The van der Waals surface area contributed by atoms with Crippen molar-refractivity contribution in [1.82, 2.24) is 4.98 Å². The van der Waals surface area contributed by atoms with E-state index in [0.717, 1.165) is 35.5 Å². The molecule has 3 N–H and O–H groups in total. The summed E-state index contributed by atoms with van der Waals surface area (Å²) in [6, 6.07) is 37.6. The van der Waals surface area contributed by atoms with Crippen LogP contribution in [-0.2, 0) is 11.2 Å². The lowest BCUT2D eigenvalue weighted by Crippen LogP contribution is -2.20. The molecule has 204 valence electrons. The Labute approximate surface area is 239 Å². The number of anilines is 3. The Hall–Kier alpha value is -5.43. The maximum atomic E-state index is 13.5. The summed E-state index contributed by atoms with van der Waals surface area (Å²) in [4.78, 5) is 30.2. The Bertz CT molecular complexity index is 1580. The van der Waals surface area contributed by atoms with E-state index in [-0.39, 0.29) is 18.4 Å². The molecule has 1 aromatic heterocycles. The largest absolute Gasteiger partial charge is 0.484 e. The van der Waals surface area contributed by atoms with Gasteiger partial charge in [-0.3, -0.25) is 14.6 Å². The number of rotatable bonds is 11. The monoisotopic (exact) mass is 542 g/mol. The Morgan fingerprint density at radius 3 is 2.10 bits per heavy atom. The number of nitrogens with zero attached hydrogens (tertiary/aromatic N) is 1. The van der Waals surface area contributed by atoms with Crippen molar-refractivity contribution in [2.75, 3.05) is 29.1 Å². The summed E-state index contributed by atoms with van der Waals surface area (Å²) in [7, 11) is 0. The zero-order valence-corrected chi connectivity index (χ0v) is 22.4. The molecule has 5 rings (SSSR count). The standard InChI is InChI=1S/C34H30N4O3/c39-33(37-28-12-5-2-6-13-28)24-41-30-18-19-31(25-9-3-1-4-10-25)32(23-30)34(40)38-29-16-14-27(15-17-29)36-22-20-26-11-7-8-21-35-26/h1-19,21,23,36H,20,22,24H2,(H,37,39)(H,38,40). The molecule has 0 radical (unpaired) electrons. The normalized spacial score (nSPS) is 10.4. The summed E-state index contributed by atoms with van der Waals surface area (Å²) in [5, 5.41) is 9.16. The number of para-hydroxylation sites is 1. The van der Waals surface area contributed by atoms with Crippen LogP contribution < -0.4 is 20.7 Å². The number of pyridine rings is 1. The quantitative estimate of drug-likeness (QED) is 0.173. The summed E-state index contributed by atoms with van der Waals surface area (Å²) < 4.78 is 5.75. The van der Waals surface area contributed by atoms with E-state index < -0.39 is 0 Å². The number of ether oxygens (including phenoxy) is 1. The number of carbonyl (C=O) groups excluding carboxylic acids is 2. The number of aromatic nitrogens is 1. The molecule has 0 unspecified atom stereocenters. The van der Waals surface area contributed by atoms with E-state index in [4.69, 9.17) is 4.74 Å². The van der Waals surface area contributed by atoms with E-state index in [9.17, 15) is 9.59 Å². The number of hydrogen-bond acceptors (Lipinski definition) is 5. The van der Waals surface area contributed by atoms with E-state index in [2.05, 4.69) is 20.9 Å². The predicted molar refractivity (Wildman–Crippen MR) is 163 cm³/mol. The third kappa shape index (κ3) is 7.80. The van der Waals surface area contributed by atoms with E-state index in [1.54, 1.807) is 30.5 Å². The van der Waals surface area contributed by atoms with Crippen molar-refractivity contribution < 1.29 is 14.3 Å². The van der Waals surface area contributed by atoms with E-state index in [1.165, 1.54) is 0 Å². The van der Waals surface area contributed by atoms with Gasteiger partial charge >= 0.3 is 0 Å². The minimum Gasteiger partial charge on any atom is -0.484 e. The van der Waals surface area contributed by atoms with Gasteiger partial charge in [0.2, 0.25) is 0 Å². The molecule has 5 aromatic rings. The van der Waals surface area contributed by atoms with Crippen LogP contribution in [0.15, 0.2) is 128 Å². The topological polar surface area (TPSA) is 92.4 Å². The summed E-state index contributed by atoms with van der Waals surface area (Å²) in [5.41, 5.74) is 5.44. The molecular weight excluding hydrogens is 512 g/mol. The highest BCUT2D eigenvalue weighted by Crippen LogP contribution is 2.28. The molecule has 4 aromatic carbocycles. The summed E-state index contributed by atoms with van der Waals surface area (Å²) in [5.74, 6) is -0.146. The van der Waals surface area contributed by atoms with E-state index in [1.807, 2.05) is 97.1 Å². The van der Waals surface area contributed by atoms with Crippen LogP contribution in [0.5, 0.6) is 5.75 Å². The smallest absolute Gasteiger partial charge is 0.262 e. The fourth-order valence-electron chi connectivity index (χ4n) is 4.29. The van der Waals surface area contributed by atoms with Gasteiger partial charge < -0.3 is 20.7 Å². The van der Waals surface area contributed by atoms with Crippen LogP contribution in [0.1, 0.15) is 16.1 Å². The second kappa shape index (κ2) is 13.6. The van der Waals surface area contributed by atoms with Crippen LogP contribution in [0, 0.1) is 0 Å². The third-order valence-corrected chi connectivity index (χ3v) is 6.33. The lowest BCUT2D eigenvalue weighted by Gasteiger charge is -2.14. The molecule has 2 amide bonds. The van der Waals surface area contributed by atoms with Gasteiger partial charge in [0.1, 0.15) is 5.75 Å². The molecule has 7 heteroatoms. The van der Waals surface area contributed by atoms with Crippen molar-refractivity contribution in [3.05, 3.63) is 139 Å². The first-order valence-electron chi connectivity index (χ1n) is 13.4. The van der Waals surface area contributed by atoms with Crippen molar-refractivity contribution in [3.8, 4) is 16.9 Å². The molecule has 0 atom stereocenters. The molecule has 0 aliphatic carbocycles. The minimum atomic E-state index is -0.289. The van der Waals surface area contributed by atoms with Gasteiger partial charge in [-0.2, -0.15) is 0 Å². The third-order valence-electron chi connectivity index (χ3n) is 6.33. The fraction of sp³-hybridized carbons (Fsp3) is 0.0882. The van der Waals surface area contributed by atoms with Gasteiger partial charge in [-0.15, -0.1) is 0 Å². The zero-order chi connectivity index (χ0) is 28.3. The van der Waals surface area contributed by atoms with E-state index >= 15 is 0 Å². The number of amides is 2. The second-order valence-electron chi connectivity index (χ2n) is 9.31. The molecule has 0 aliphatic heterocycles. The number of hydrogen-bond donors (Lipinski definition) is 3. The van der Waals surface area contributed by atoms with Gasteiger partial charge in [-0.25, -0.2) is 0 Å². The van der Waals surface area contributed by atoms with E-state index in [0.29, 0.717) is 22.7 Å². The first-order chi connectivity index (χ1) is 20.1. The number of carbonyl (C=O) groups is 2. The maximum Gasteiger partial charge on any atom is 0.262 e. The second-order valence-corrected chi connectivity index (χ2v) is 9.31. The Balaban J connectivity index is 1.25. The summed E-state index contributed by atoms with van der Waals surface area (Å²) >= 11 is 0. The van der Waals surface area contributed by atoms with Crippen LogP contribution in [0.25, 0.3) is 11.1 Å². The SMILES string of the molecule is O=C(COc1ccc(-c2ccccc2)c(C(=O)Nc2ccc(NCCc3ccccn3)cc2)c1)Nc1ccccc1. The predicted octanol–water partition coefficient (Wildman–Crippen LogP) is 6.67. The highest BCUT2D eigenvalue weighted by Gasteiger charge is 2.16. The lowest BCUT2D eigenvalue weighted by atomic mass is 9.98. The molecule has 0 saturated heterocycles. The van der Waals surface area contributed by atoms with Crippen molar-refractivity contribution in [2.24, 2.45) is 0 Å². The fourth-order valence-corrected chi connectivity index (χ4v) is 4.29. The van der Waals surface area contributed by atoms with Crippen LogP contribution in [0.2, 0.25) is 0 Å². The molecule has 0 aliphatic rings. The van der Waals surface area contributed by atoms with Gasteiger partial charge in [-0.05, 0) is 77.9 Å². The zero-order valence-electron chi connectivity index (χ0n) is 22.4. The number of benzene rings is 4. The van der Waals surface area contributed by atoms with Crippen molar-refractivity contribution in [3.63, 3.8) is 0 Å². The highest BCUT2D eigenvalue weighted by atomic mass is 16.5. The Morgan fingerprint density at radius 2 is 1.37 bits per heavy atom. The van der Waals surface area contributed by atoms with Crippen LogP contribution >= 0.6 is 0 Å². The van der Waals surface area contributed by atoms with Gasteiger partial charge in [0.05, 0.1) is 5.56 Å². The Morgan fingerprint density at radius 1 is 0.683 bits per heavy atom. The van der Waals surface area contributed by atoms with Gasteiger partial charge in [0, 0.05) is 41.9 Å². The molecule has 41 heavy (non-hydrogen) atoms. The number of nitrogens with one attached hydrogen (secondary N) is 3. The average molecular weight is 543 g/mol.